The summed E-state index contributed by atoms with van der Waals surface area (Å²) in [5.74, 6) is -0.212. The summed E-state index contributed by atoms with van der Waals surface area (Å²) in [6.07, 6.45) is 1.74. The minimum Gasteiger partial charge on any atom is -0.468 e. The van der Waals surface area contributed by atoms with E-state index in [1.54, 1.807) is 7.05 Å². The Morgan fingerprint density at radius 1 is 1.30 bits per heavy atom. The van der Waals surface area contributed by atoms with E-state index in [2.05, 4.69) is 41.5 Å². The fourth-order valence-electron chi connectivity index (χ4n) is 2.05. The average molecular weight is 278 g/mol. The van der Waals surface area contributed by atoms with Crippen molar-refractivity contribution in [1.82, 2.24) is 10.2 Å². The highest BCUT2D eigenvalue weighted by atomic mass is 16.5. The minimum atomic E-state index is -0.615. The smallest absolute Gasteiger partial charge is 0.325 e. The normalized spacial score (nSPS) is 14.1. The van der Waals surface area contributed by atoms with Gasteiger partial charge in [-0.15, -0.1) is 0 Å². The van der Waals surface area contributed by atoms with Gasteiger partial charge in [0.05, 0.1) is 7.11 Å². The summed E-state index contributed by atoms with van der Waals surface area (Å²) in [5, 5.41) is 3.06. The van der Waals surface area contributed by atoms with Gasteiger partial charge in [-0.1, -0.05) is 30.3 Å². The molecule has 0 aliphatic heterocycles. The van der Waals surface area contributed by atoms with Crippen molar-refractivity contribution in [3.8, 4) is 0 Å². The third kappa shape index (κ3) is 4.94. The third-order valence-electron chi connectivity index (χ3n) is 3.81. The second-order valence-electron chi connectivity index (χ2n) is 5.36. The van der Waals surface area contributed by atoms with E-state index in [0.717, 1.165) is 25.9 Å². The zero-order chi connectivity index (χ0) is 15.0. The van der Waals surface area contributed by atoms with Crippen molar-refractivity contribution < 1.29 is 9.53 Å². The molecule has 0 fully saturated rings. The van der Waals surface area contributed by atoms with E-state index in [9.17, 15) is 4.79 Å². The van der Waals surface area contributed by atoms with E-state index in [1.165, 1.54) is 12.7 Å². The lowest BCUT2D eigenvalue weighted by Gasteiger charge is -2.28. The Balaban J connectivity index is 2.39. The molecular weight excluding hydrogens is 252 g/mol. The SMILES string of the molecule is CNC(C)(CCN(C)CCc1ccccc1)C(=O)OC. The van der Waals surface area contributed by atoms with Crippen LogP contribution in [0.1, 0.15) is 18.9 Å². The van der Waals surface area contributed by atoms with Crippen molar-refractivity contribution in [1.29, 1.82) is 0 Å². The molecule has 20 heavy (non-hydrogen) atoms. The number of hydrogen-bond acceptors (Lipinski definition) is 4. The molecule has 1 atom stereocenters. The van der Waals surface area contributed by atoms with Gasteiger partial charge in [0.2, 0.25) is 0 Å². The van der Waals surface area contributed by atoms with Crippen LogP contribution in [0.15, 0.2) is 30.3 Å². The lowest BCUT2D eigenvalue weighted by molar-refractivity contribution is -0.148. The number of hydrogen-bond donors (Lipinski definition) is 1. The third-order valence-corrected chi connectivity index (χ3v) is 3.81. The van der Waals surface area contributed by atoms with Gasteiger partial charge in [-0.3, -0.25) is 4.79 Å². The molecule has 0 heterocycles. The molecule has 0 bridgehead atoms. The molecule has 1 rings (SSSR count). The molecule has 1 aromatic carbocycles. The van der Waals surface area contributed by atoms with Crippen LogP contribution >= 0.6 is 0 Å². The van der Waals surface area contributed by atoms with Gasteiger partial charge >= 0.3 is 5.97 Å². The van der Waals surface area contributed by atoms with Crippen LogP contribution in [0, 0.1) is 0 Å². The number of nitrogens with zero attached hydrogens (tertiary/aromatic N) is 1. The van der Waals surface area contributed by atoms with Gasteiger partial charge in [-0.2, -0.15) is 0 Å². The molecule has 0 amide bonds. The van der Waals surface area contributed by atoms with E-state index in [0.29, 0.717) is 0 Å². The van der Waals surface area contributed by atoms with Crippen LogP contribution in [0.5, 0.6) is 0 Å². The molecule has 0 saturated carbocycles. The van der Waals surface area contributed by atoms with Crippen LogP contribution in [0.3, 0.4) is 0 Å². The molecule has 0 spiro atoms. The summed E-state index contributed by atoms with van der Waals surface area (Å²) in [5.41, 5.74) is 0.721. The molecule has 1 aromatic rings. The number of carbonyl (C=O) groups is 1. The summed E-state index contributed by atoms with van der Waals surface area (Å²) in [6, 6.07) is 10.4. The van der Waals surface area contributed by atoms with Crippen LogP contribution in [0.25, 0.3) is 0 Å². The van der Waals surface area contributed by atoms with E-state index in [4.69, 9.17) is 4.74 Å². The molecule has 1 unspecified atom stereocenters. The van der Waals surface area contributed by atoms with Gasteiger partial charge in [-0.25, -0.2) is 0 Å². The van der Waals surface area contributed by atoms with Gasteiger partial charge < -0.3 is 15.0 Å². The summed E-state index contributed by atoms with van der Waals surface area (Å²) in [6.45, 7) is 3.70. The van der Waals surface area contributed by atoms with E-state index >= 15 is 0 Å². The first-order valence-corrected chi connectivity index (χ1v) is 7.01. The van der Waals surface area contributed by atoms with Crippen molar-refractivity contribution in [3.05, 3.63) is 35.9 Å². The summed E-state index contributed by atoms with van der Waals surface area (Å²) in [4.78, 5) is 14.0. The Labute approximate surface area is 122 Å². The van der Waals surface area contributed by atoms with Crippen LogP contribution in [-0.4, -0.2) is 50.7 Å². The first kappa shape index (κ1) is 16.7. The molecule has 112 valence electrons. The predicted molar refractivity (Wildman–Crippen MR) is 81.7 cm³/mol. The fraction of sp³-hybridized carbons (Fsp3) is 0.562. The molecule has 0 aliphatic carbocycles. The first-order valence-electron chi connectivity index (χ1n) is 7.01. The van der Waals surface area contributed by atoms with Gasteiger partial charge in [0.15, 0.2) is 0 Å². The van der Waals surface area contributed by atoms with Gasteiger partial charge in [0.1, 0.15) is 5.54 Å². The number of carbonyl (C=O) groups excluding carboxylic acids is 1. The Bertz CT molecular complexity index is 408. The van der Waals surface area contributed by atoms with Crippen molar-refractivity contribution >= 4 is 5.97 Å². The zero-order valence-electron chi connectivity index (χ0n) is 13.0. The molecular formula is C16H26N2O2. The highest BCUT2D eigenvalue weighted by Crippen LogP contribution is 2.12. The maximum Gasteiger partial charge on any atom is 0.325 e. The highest BCUT2D eigenvalue weighted by Gasteiger charge is 2.32. The molecule has 4 heteroatoms. The number of benzene rings is 1. The van der Waals surface area contributed by atoms with Gasteiger partial charge in [0.25, 0.3) is 0 Å². The van der Waals surface area contributed by atoms with Gasteiger partial charge in [-0.05, 0) is 39.4 Å². The van der Waals surface area contributed by atoms with E-state index in [-0.39, 0.29) is 5.97 Å². The Morgan fingerprint density at radius 2 is 1.95 bits per heavy atom. The van der Waals surface area contributed by atoms with Gasteiger partial charge in [0, 0.05) is 13.1 Å². The number of nitrogens with one attached hydrogen (secondary N) is 1. The number of likely N-dealkylation sites (N-methyl/N-ethyl adjacent to an activating group) is 2. The van der Waals surface area contributed by atoms with Crippen molar-refractivity contribution in [3.63, 3.8) is 0 Å². The Kier molecular flexibility index (Phi) is 6.68. The quantitative estimate of drug-likeness (QED) is 0.735. The lowest BCUT2D eigenvalue weighted by atomic mass is 9.98. The van der Waals surface area contributed by atoms with Crippen LogP contribution in [-0.2, 0) is 16.0 Å². The Hall–Kier alpha value is -1.39. The zero-order valence-corrected chi connectivity index (χ0v) is 13.0. The lowest BCUT2D eigenvalue weighted by Crippen LogP contribution is -2.50. The minimum absolute atomic E-state index is 0.212. The van der Waals surface area contributed by atoms with Crippen molar-refractivity contribution in [2.75, 3.05) is 34.3 Å². The number of methoxy groups -OCH3 is 1. The molecule has 0 aliphatic rings. The summed E-state index contributed by atoms with van der Waals surface area (Å²) < 4.78 is 4.85. The van der Waals surface area contributed by atoms with Crippen LogP contribution in [0.4, 0.5) is 0 Å². The second-order valence-corrected chi connectivity index (χ2v) is 5.36. The Morgan fingerprint density at radius 3 is 2.50 bits per heavy atom. The van der Waals surface area contributed by atoms with Crippen molar-refractivity contribution in [2.45, 2.75) is 25.3 Å². The average Bonchev–Trinajstić information content (AvgIpc) is 2.50. The first-order chi connectivity index (χ1) is 9.51. The number of ether oxygens (including phenoxy) is 1. The molecule has 4 nitrogen and oxygen atoms in total. The highest BCUT2D eigenvalue weighted by molar-refractivity contribution is 5.80. The molecule has 0 radical (unpaired) electrons. The van der Waals surface area contributed by atoms with E-state index < -0.39 is 5.54 Å². The second kappa shape index (κ2) is 8.02. The van der Waals surface area contributed by atoms with Crippen molar-refractivity contribution in [2.24, 2.45) is 0 Å². The van der Waals surface area contributed by atoms with Crippen LogP contribution < -0.4 is 5.32 Å². The number of esters is 1. The number of rotatable bonds is 8. The monoisotopic (exact) mass is 278 g/mol. The van der Waals surface area contributed by atoms with Crippen LogP contribution in [0.2, 0.25) is 0 Å². The van der Waals surface area contributed by atoms with E-state index in [1.807, 2.05) is 13.0 Å². The predicted octanol–water partition coefficient (Wildman–Crippen LogP) is 1.70. The summed E-state index contributed by atoms with van der Waals surface area (Å²) in [7, 11) is 5.30. The standard InChI is InChI=1S/C16H26N2O2/c1-16(17-2,15(19)20-4)11-13-18(3)12-10-14-8-6-5-7-9-14/h5-9,17H,10-13H2,1-4H3. The molecule has 0 saturated heterocycles. The molecule has 1 N–H and O–H groups in total. The topological polar surface area (TPSA) is 41.6 Å². The maximum atomic E-state index is 11.8. The largest absolute Gasteiger partial charge is 0.468 e. The fourth-order valence-corrected chi connectivity index (χ4v) is 2.05. The molecule has 0 aromatic heterocycles. The maximum absolute atomic E-state index is 11.8. The summed E-state index contributed by atoms with van der Waals surface area (Å²) >= 11 is 0.